The SMILES string of the molecule is CCC1=[C-]CC(CC)=C1C.CCC1=[C-]CC(CC)=C1C.[Cl-].[Cl-].[Hf+4]. The molecule has 23 heavy (non-hydrogen) atoms. The second kappa shape index (κ2) is 14.7. The second-order valence-corrected chi connectivity index (χ2v) is 5.54. The van der Waals surface area contributed by atoms with Crippen LogP contribution in [0, 0.1) is 12.2 Å². The van der Waals surface area contributed by atoms with Crippen molar-refractivity contribution in [2.75, 3.05) is 0 Å². The van der Waals surface area contributed by atoms with E-state index in [2.05, 4.69) is 53.7 Å². The molecule has 0 aromatic carbocycles. The maximum absolute atomic E-state index is 3.40. The van der Waals surface area contributed by atoms with E-state index >= 15 is 0 Å². The number of hydrogen-bond acceptors (Lipinski definition) is 0. The van der Waals surface area contributed by atoms with Gasteiger partial charge in [0.25, 0.3) is 0 Å². The molecule has 2 aliphatic rings. The third-order valence-electron chi connectivity index (χ3n) is 4.56. The zero-order chi connectivity index (χ0) is 15.1. The smallest absolute Gasteiger partial charge is 1.00 e. The van der Waals surface area contributed by atoms with Gasteiger partial charge in [-0.2, -0.15) is 22.3 Å². The van der Waals surface area contributed by atoms with Crippen molar-refractivity contribution < 1.29 is 50.7 Å². The van der Waals surface area contributed by atoms with E-state index in [-0.39, 0.29) is 50.7 Å². The summed E-state index contributed by atoms with van der Waals surface area (Å²) in [6.07, 6.45) is 13.7. The van der Waals surface area contributed by atoms with Gasteiger partial charge in [-0.15, -0.1) is 26.7 Å². The minimum Gasteiger partial charge on any atom is -1.00 e. The summed E-state index contributed by atoms with van der Waals surface area (Å²) in [6, 6.07) is 0. The van der Waals surface area contributed by atoms with Gasteiger partial charge in [-0.1, -0.05) is 53.4 Å². The first-order valence-electron chi connectivity index (χ1n) is 8.16. The fraction of sp³-hybridized carbons (Fsp3) is 0.600. The van der Waals surface area contributed by atoms with Crippen LogP contribution < -0.4 is 24.8 Å². The van der Waals surface area contributed by atoms with E-state index < -0.39 is 0 Å². The van der Waals surface area contributed by atoms with Crippen molar-refractivity contribution in [3.05, 3.63) is 45.6 Å². The van der Waals surface area contributed by atoms with E-state index in [0.29, 0.717) is 0 Å². The van der Waals surface area contributed by atoms with Gasteiger partial charge in [-0.05, 0) is 0 Å². The molecule has 0 amide bonds. The standard InChI is InChI=1S/2C10H15.2ClH.Hf/c2*1-4-9-6-7-10(5-2)8(9)3;;;/h2*4-6H2,1-3H3;2*1H;/q2*-1;;;+4/p-2. The van der Waals surface area contributed by atoms with Crippen LogP contribution in [-0.2, 0) is 25.8 Å². The van der Waals surface area contributed by atoms with E-state index in [1.54, 1.807) is 11.1 Å². The Balaban J connectivity index is -0.000000308. The van der Waals surface area contributed by atoms with Gasteiger partial charge < -0.3 is 24.8 Å². The molecule has 0 radical (unpaired) electrons. The molecule has 2 aliphatic carbocycles. The largest absolute Gasteiger partial charge is 4.00 e. The van der Waals surface area contributed by atoms with Crippen LogP contribution in [0.1, 0.15) is 80.1 Å². The summed E-state index contributed by atoms with van der Waals surface area (Å²) in [5, 5.41) is 0. The Morgan fingerprint density at radius 3 is 1.09 bits per heavy atom. The van der Waals surface area contributed by atoms with Gasteiger partial charge in [0, 0.05) is 0 Å². The van der Waals surface area contributed by atoms with Crippen LogP contribution in [0.3, 0.4) is 0 Å². The van der Waals surface area contributed by atoms with Crippen molar-refractivity contribution in [1.29, 1.82) is 0 Å². The Kier molecular flexibility index (Phi) is 18.1. The molecular formula is C20H30Cl2Hf. The first-order valence-corrected chi connectivity index (χ1v) is 8.16. The fourth-order valence-electron chi connectivity index (χ4n) is 2.94. The third kappa shape index (κ3) is 7.88. The predicted molar refractivity (Wildman–Crippen MR) is 89.3 cm³/mol. The van der Waals surface area contributed by atoms with Gasteiger partial charge in [0.05, 0.1) is 0 Å². The molecule has 0 aliphatic heterocycles. The molecule has 3 heteroatoms. The van der Waals surface area contributed by atoms with E-state index in [1.807, 2.05) is 0 Å². The second-order valence-electron chi connectivity index (χ2n) is 5.54. The Labute approximate surface area is 175 Å². The zero-order valence-corrected chi connectivity index (χ0v) is 20.6. The molecular weight excluding hydrogens is 490 g/mol. The molecule has 0 unspecified atom stereocenters. The first kappa shape index (κ1) is 28.2. The molecule has 0 spiro atoms. The zero-order valence-electron chi connectivity index (χ0n) is 15.5. The van der Waals surface area contributed by atoms with Crippen LogP contribution in [0.4, 0.5) is 0 Å². The average Bonchev–Trinajstić information content (AvgIpc) is 3.01. The summed E-state index contributed by atoms with van der Waals surface area (Å²) in [5.41, 5.74) is 9.05. The molecule has 0 aromatic heterocycles. The van der Waals surface area contributed by atoms with Crippen LogP contribution in [0.25, 0.3) is 0 Å². The van der Waals surface area contributed by atoms with Gasteiger partial charge >= 0.3 is 25.8 Å². The maximum Gasteiger partial charge on any atom is 4.00 e. The van der Waals surface area contributed by atoms with Crippen LogP contribution >= 0.6 is 0 Å². The molecule has 0 atom stereocenters. The number of hydrogen-bond donors (Lipinski definition) is 0. The van der Waals surface area contributed by atoms with Crippen molar-refractivity contribution >= 4 is 0 Å². The van der Waals surface area contributed by atoms with Crippen molar-refractivity contribution in [3.63, 3.8) is 0 Å². The van der Waals surface area contributed by atoms with Gasteiger partial charge in [0.15, 0.2) is 0 Å². The van der Waals surface area contributed by atoms with E-state index in [1.165, 1.54) is 35.1 Å². The monoisotopic (exact) mass is 520 g/mol. The summed E-state index contributed by atoms with van der Waals surface area (Å²) in [4.78, 5) is 0. The molecule has 0 nitrogen and oxygen atoms in total. The molecule has 0 fully saturated rings. The van der Waals surface area contributed by atoms with Crippen molar-refractivity contribution in [3.8, 4) is 0 Å². The Hall–Kier alpha value is 0.410. The van der Waals surface area contributed by atoms with Crippen LogP contribution in [-0.4, -0.2) is 0 Å². The summed E-state index contributed by atoms with van der Waals surface area (Å²) >= 11 is 0. The first-order chi connectivity index (χ1) is 9.58. The molecule has 0 bridgehead atoms. The van der Waals surface area contributed by atoms with Gasteiger partial charge in [-0.3, -0.25) is 12.2 Å². The molecule has 0 N–H and O–H groups in total. The minimum atomic E-state index is 0. The molecule has 0 saturated heterocycles. The maximum atomic E-state index is 3.40. The van der Waals surface area contributed by atoms with Crippen molar-refractivity contribution in [1.82, 2.24) is 0 Å². The van der Waals surface area contributed by atoms with E-state index in [0.717, 1.165) is 25.7 Å². The molecule has 2 rings (SSSR count). The van der Waals surface area contributed by atoms with Crippen LogP contribution in [0.15, 0.2) is 33.4 Å². The molecule has 0 heterocycles. The number of halogens is 2. The van der Waals surface area contributed by atoms with Crippen molar-refractivity contribution in [2.45, 2.75) is 80.1 Å². The summed E-state index contributed by atoms with van der Waals surface area (Å²) < 4.78 is 0. The fourth-order valence-corrected chi connectivity index (χ4v) is 2.94. The van der Waals surface area contributed by atoms with Crippen LogP contribution in [0.5, 0.6) is 0 Å². The average molecular weight is 520 g/mol. The quantitative estimate of drug-likeness (QED) is 0.375. The van der Waals surface area contributed by atoms with E-state index in [4.69, 9.17) is 0 Å². The normalized spacial score (nSPS) is 15.7. The molecule has 128 valence electrons. The molecule has 0 saturated carbocycles. The van der Waals surface area contributed by atoms with Crippen LogP contribution in [0.2, 0.25) is 0 Å². The topological polar surface area (TPSA) is 0 Å². The Bertz CT molecular complexity index is 409. The van der Waals surface area contributed by atoms with Crippen molar-refractivity contribution in [2.24, 2.45) is 0 Å². The summed E-state index contributed by atoms with van der Waals surface area (Å²) in [7, 11) is 0. The summed E-state index contributed by atoms with van der Waals surface area (Å²) in [6.45, 7) is 13.3. The number of allylic oxidation sites excluding steroid dienone is 8. The predicted octanol–water partition coefficient (Wildman–Crippen LogP) is 0.518. The minimum absolute atomic E-state index is 0. The summed E-state index contributed by atoms with van der Waals surface area (Å²) in [5.74, 6) is 0. The third-order valence-corrected chi connectivity index (χ3v) is 4.56. The Morgan fingerprint density at radius 1 is 0.652 bits per heavy atom. The van der Waals surface area contributed by atoms with E-state index in [9.17, 15) is 0 Å². The Morgan fingerprint density at radius 2 is 0.957 bits per heavy atom. The van der Waals surface area contributed by atoms with Gasteiger partial charge in [-0.25, -0.2) is 11.1 Å². The number of rotatable bonds is 4. The van der Waals surface area contributed by atoms with Gasteiger partial charge in [0.2, 0.25) is 0 Å². The molecule has 0 aromatic rings. The van der Waals surface area contributed by atoms with Gasteiger partial charge in [0.1, 0.15) is 0 Å².